The van der Waals surface area contributed by atoms with E-state index in [2.05, 4.69) is 10.3 Å². The van der Waals surface area contributed by atoms with Crippen LogP contribution in [0.4, 0.5) is 5.13 Å². The van der Waals surface area contributed by atoms with Gasteiger partial charge in [-0.3, -0.25) is 14.2 Å². The molecule has 2 aromatic carbocycles. The zero-order chi connectivity index (χ0) is 18.1. The Balaban J connectivity index is 1.55. The van der Waals surface area contributed by atoms with E-state index in [0.717, 1.165) is 37.7 Å². The molecule has 0 radical (unpaired) electrons. The molecule has 0 spiro atoms. The monoisotopic (exact) mass is 381 g/mol. The van der Waals surface area contributed by atoms with Gasteiger partial charge in [0, 0.05) is 10.4 Å². The second-order valence-electron chi connectivity index (χ2n) is 5.76. The highest BCUT2D eigenvalue weighted by Crippen LogP contribution is 2.30. The number of para-hydroxylation sites is 1. The van der Waals surface area contributed by atoms with Gasteiger partial charge in [-0.15, -0.1) is 11.3 Å². The lowest BCUT2D eigenvalue weighted by Crippen LogP contribution is -2.24. The van der Waals surface area contributed by atoms with Crippen molar-refractivity contribution in [2.24, 2.45) is 0 Å². The van der Waals surface area contributed by atoms with E-state index in [4.69, 9.17) is 0 Å². The minimum atomic E-state index is -0.260. The number of benzene rings is 2. The number of carbonyl (C=O) groups excluding carboxylic acids is 1. The first-order valence-corrected chi connectivity index (χ1v) is 9.66. The number of amides is 1. The Kier molecular flexibility index (Phi) is 4.40. The Morgan fingerprint density at radius 1 is 1.08 bits per heavy atom. The van der Waals surface area contributed by atoms with Gasteiger partial charge in [-0.2, -0.15) is 0 Å². The molecule has 0 saturated heterocycles. The van der Waals surface area contributed by atoms with Crippen LogP contribution in [0.5, 0.6) is 0 Å². The largest absolute Gasteiger partial charge is 0.308 e. The molecule has 0 fully saturated rings. The SMILES string of the molecule is Cc1sc(NC(=O)Cn2c(=O)sc3ccccc32)nc1-c1ccccc1. The molecule has 1 N–H and O–H groups in total. The number of aromatic nitrogens is 2. The molecule has 0 aliphatic carbocycles. The van der Waals surface area contributed by atoms with Crippen molar-refractivity contribution in [3.8, 4) is 11.3 Å². The maximum atomic E-state index is 12.4. The average molecular weight is 381 g/mol. The lowest BCUT2D eigenvalue weighted by atomic mass is 10.1. The number of rotatable bonds is 4. The van der Waals surface area contributed by atoms with Crippen LogP contribution in [-0.2, 0) is 11.3 Å². The summed E-state index contributed by atoms with van der Waals surface area (Å²) in [5.41, 5.74) is 2.66. The molecular formula is C19H15N3O2S2. The van der Waals surface area contributed by atoms with Crippen molar-refractivity contribution in [3.63, 3.8) is 0 Å². The van der Waals surface area contributed by atoms with E-state index in [9.17, 15) is 9.59 Å². The molecule has 26 heavy (non-hydrogen) atoms. The molecule has 4 rings (SSSR count). The number of carbonyl (C=O) groups is 1. The minimum Gasteiger partial charge on any atom is -0.300 e. The summed E-state index contributed by atoms with van der Waals surface area (Å²) in [6.45, 7) is 1.95. The third-order valence-corrected chi connectivity index (χ3v) is 5.81. The Hall–Kier alpha value is -2.77. The number of anilines is 1. The third kappa shape index (κ3) is 3.18. The molecule has 0 aliphatic rings. The maximum absolute atomic E-state index is 12.4. The van der Waals surface area contributed by atoms with Gasteiger partial charge < -0.3 is 5.32 Å². The summed E-state index contributed by atoms with van der Waals surface area (Å²) in [6.07, 6.45) is 0. The number of aryl methyl sites for hydroxylation is 1. The van der Waals surface area contributed by atoms with Crippen molar-refractivity contribution in [2.75, 3.05) is 5.32 Å². The fourth-order valence-corrected chi connectivity index (χ4v) is 4.52. The fraction of sp³-hybridized carbons (Fsp3) is 0.105. The van der Waals surface area contributed by atoms with Crippen LogP contribution in [0.15, 0.2) is 59.4 Å². The third-order valence-electron chi connectivity index (χ3n) is 3.97. The highest BCUT2D eigenvalue weighted by molar-refractivity contribution is 7.16. The highest BCUT2D eigenvalue weighted by atomic mass is 32.1. The van der Waals surface area contributed by atoms with Crippen molar-refractivity contribution in [3.05, 3.63) is 69.1 Å². The van der Waals surface area contributed by atoms with E-state index in [0.29, 0.717) is 5.13 Å². The van der Waals surface area contributed by atoms with Crippen LogP contribution in [0, 0.1) is 6.92 Å². The molecule has 0 bridgehead atoms. The summed E-state index contributed by atoms with van der Waals surface area (Å²) in [7, 11) is 0. The zero-order valence-electron chi connectivity index (χ0n) is 13.9. The van der Waals surface area contributed by atoms with Gasteiger partial charge >= 0.3 is 4.87 Å². The van der Waals surface area contributed by atoms with Crippen LogP contribution in [0.25, 0.3) is 21.5 Å². The number of hydrogen-bond donors (Lipinski definition) is 1. The second-order valence-corrected chi connectivity index (χ2v) is 7.96. The molecule has 0 saturated carbocycles. The van der Waals surface area contributed by atoms with Gasteiger partial charge in [0.25, 0.3) is 0 Å². The molecule has 2 heterocycles. The van der Waals surface area contributed by atoms with E-state index >= 15 is 0 Å². The molecule has 2 aromatic heterocycles. The van der Waals surface area contributed by atoms with E-state index < -0.39 is 0 Å². The van der Waals surface area contributed by atoms with Crippen LogP contribution < -0.4 is 10.2 Å². The van der Waals surface area contributed by atoms with E-state index in [1.165, 1.54) is 15.9 Å². The molecule has 1 amide bonds. The molecule has 0 atom stereocenters. The first kappa shape index (κ1) is 16.7. The second kappa shape index (κ2) is 6.86. The summed E-state index contributed by atoms with van der Waals surface area (Å²) in [5, 5.41) is 3.36. The van der Waals surface area contributed by atoms with Crippen molar-refractivity contribution in [1.82, 2.24) is 9.55 Å². The normalized spacial score (nSPS) is 11.0. The smallest absolute Gasteiger partial charge is 0.300 e. The van der Waals surface area contributed by atoms with Gasteiger partial charge in [0.1, 0.15) is 6.54 Å². The Morgan fingerprint density at radius 2 is 1.81 bits per heavy atom. The molecule has 0 unspecified atom stereocenters. The lowest BCUT2D eigenvalue weighted by molar-refractivity contribution is -0.116. The van der Waals surface area contributed by atoms with Crippen molar-refractivity contribution >= 4 is 43.9 Å². The number of nitrogens with one attached hydrogen (secondary N) is 1. The van der Waals surface area contributed by atoms with Gasteiger partial charge in [0.2, 0.25) is 5.91 Å². The molecule has 5 nitrogen and oxygen atoms in total. The van der Waals surface area contributed by atoms with Crippen LogP contribution in [0.2, 0.25) is 0 Å². The molecule has 0 aliphatic heterocycles. The first-order chi connectivity index (χ1) is 12.6. The standard InChI is InChI=1S/C19H15N3O2S2/c1-12-17(13-7-3-2-4-8-13)21-18(25-12)20-16(23)11-22-14-9-5-6-10-15(14)26-19(22)24/h2-10H,11H2,1H3,(H,20,21,23). The van der Waals surface area contributed by atoms with Crippen molar-refractivity contribution in [1.29, 1.82) is 0 Å². The van der Waals surface area contributed by atoms with Crippen LogP contribution >= 0.6 is 22.7 Å². The summed E-state index contributed by atoms with van der Waals surface area (Å²) in [4.78, 5) is 30.0. The molecule has 7 heteroatoms. The van der Waals surface area contributed by atoms with E-state index in [1.807, 2.05) is 61.5 Å². The number of hydrogen-bond acceptors (Lipinski definition) is 5. The van der Waals surface area contributed by atoms with Gasteiger partial charge in [-0.05, 0) is 19.1 Å². The molecule has 4 aromatic rings. The Bertz CT molecular complexity index is 1140. The molecular weight excluding hydrogens is 366 g/mol. The van der Waals surface area contributed by atoms with E-state index in [1.54, 1.807) is 0 Å². The Morgan fingerprint density at radius 3 is 2.62 bits per heavy atom. The van der Waals surface area contributed by atoms with Gasteiger partial charge in [0.15, 0.2) is 5.13 Å². The Labute approximate surface area is 157 Å². The molecule has 130 valence electrons. The fourth-order valence-electron chi connectivity index (χ4n) is 2.78. The van der Waals surface area contributed by atoms with Crippen LogP contribution in [-0.4, -0.2) is 15.5 Å². The van der Waals surface area contributed by atoms with Crippen molar-refractivity contribution < 1.29 is 4.79 Å². The number of fused-ring (bicyclic) bond motifs is 1. The predicted octanol–water partition coefficient (Wildman–Crippen LogP) is 4.13. The first-order valence-electron chi connectivity index (χ1n) is 8.03. The van der Waals surface area contributed by atoms with Gasteiger partial charge in [-0.1, -0.05) is 53.8 Å². The average Bonchev–Trinajstić information content (AvgIpc) is 3.15. The summed E-state index contributed by atoms with van der Waals surface area (Å²) in [5.74, 6) is -0.260. The van der Waals surface area contributed by atoms with Crippen LogP contribution in [0.3, 0.4) is 0 Å². The summed E-state index contributed by atoms with van der Waals surface area (Å²) in [6, 6.07) is 17.3. The van der Waals surface area contributed by atoms with Crippen LogP contribution in [0.1, 0.15) is 4.88 Å². The number of thiazole rings is 2. The lowest BCUT2D eigenvalue weighted by Gasteiger charge is -2.03. The van der Waals surface area contributed by atoms with E-state index in [-0.39, 0.29) is 17.3 Å². The predicted molar refractivity (Wildman–Crippen MR) is 107 cm³/mol. The highest BCUT2D eigenvalue weighted by Gasteiger charge is 2.14. The van der Waals surface area contributed by atoms with Gasteiger partial charge in [-0.25, -0.2) is 4.98 Å². The summed E-state index contributed by atoms with van der Waals surface area (Å²) < 4.78 is 2.37. The zero-order valence-corrected chi connectivity index (χ0v) is 15.6. The minimum absolute atomic E-state index is 0.0257. The quantitative estimate of drug-likeness (QED) is 0.578. The number of nitrogens with zero attached hydrogens (tertiary/aromatic N) is 2. The topological polar surface area (TPSA) is 64.0 Å². The maximum Gasteiger partial charge on any atom is 0.308 e. The summed E-state index contributed by atoms with van der Waals surface area (Å²) >= 11 is 2.58. The van der Waals surface area contributed by atoms with Crippen molar-refractivity contribution in [2.45, 2.75) is 13.5 Å². The van der Waals surface area contributed by atoms with Gasteiger partial charge in [0.05, 0.1) is 15.9 Å².